The van der Waals surface area contributed by atoms with Crippen LogP contribution in [0, 0.1) is 0 Å². The van der Waals surface area contributed by atoms with Gasteiger partial charge < -0.3 is 16.2 Å². The first-order chi connectivity index (χ1) is 7.15. The monoisotopic (exact) mass is 207 g/mol. The number of anilines is 1. The second-order valence-electron chi connectivity index (χ2n) is 2.78. The highest BCUT2D eigenvalue weighted by molar-refractivity contribution is 6.06. The van der Waals surface area contributed by atoms with Crippen molar-refractivity contribution in [2.24, 2.45) is 10.7 Å². The van der Waals surface area contributed by atoms with Crippen molar-refractivity contribution < 1.29 is 9.53 Å². The van der Waals surface area contributed by atoms with Crippen LogP contribution < -0.4 is 11.5 Å². The van der Waals surface area contributed by atoms with Gasteiger partial charge in [-0.3, -0.25) is 0 Å². The van der Waals surface area contributed by atoms with Gasteiger partial charge in [0.2, 0.25) is 0 Å². The van der Waals surface area contributed by atoms with Crippen molar-refractivity contribution in [2.75, 3.05) is 12.3 Å². The molecule has 1 rings (SSSR count). The lowest BCUT2D eigenvalue weighted by Crippen LogP contribution is -2.17. The molecule has 0 fully saturated rings. The van der Waals surface area contributed by atoms with Gasteiger partial charge in [0.05, 0.1) is 6.61 Å². The second-order valence-corrected chi connectivity index (χ2v) is 2.78. The molecule has 4 N–H and O–H groups in total. The van der Waals surface area contributed by atoms with E-state index >= 15 is 0 Å². The summed E-state index contributed by atoms with van der Waals surface area (Å²) in [4.78, 5) is 14.6. The summed E-state index contributed by atoms with van der Waals surface area (Å²) >= 11 is 0. The summed E-state index contributed by atoms with van der Waals surface area (Å²) in [5, 5.41) is 0. The molecule has 1 aromatic carbocycles. The van der Waals surface area contributed by atoms with Gasteiger partial charge in [-0.25, -0.2) is 4.79 Å². The Kier molecular flexibility index (Phi) is 3.68. The van der Waals surface area contributed by atoms with Crippen LogP contribution >= 0.6 is 0 Å². The Morgan fingerprint density at radius 3 is 2.73 bits per heavy atom. The first-order valence-corrected chi connectivity index (χ1v) is 4.51. The number of hydrogen-bond donors (Lipinski definition) is 2. The number of hydrogen-bond acceptors (Lipinski definition) is 3. The molecule has 5 heteroatoms. The number of carbonyl (C=O) groups excluding carboxylic acids is 1. The first-order valence-electron chi connectivity index (χ1n) is 4.51. The van der Waals surface area contributed by atoms with Crippen molar-refractivity contribution in [2.45, 2.75) is 6.92 Å². The molecule has 0 unspecified atom stereocenters. The van der Waals surface area contributed by atoms with Gasteiger partial charge >= 0.3 is 6.09 Å². The number of amidine groups is 1. The summed E-state index contributed by atoms with van der Waals surface area (Å²) in [6.45, 7) is 1.96. The third-order valence-electron chi connectivity index (χ3n) is 1.72. The predicted octanol–water partition coefficient (Wildman–Crippen LogP) is 1.13. The molecule has 1 aromatic rings. The lowest BCUT2D eigenvalue weighted by atomic mass is 10.2. The van der Waals surface area contributed by atoms with Gasteiger partial charge in [-0.15, -0.1) is 0 Å². The first kappa shape index (κ1) is 11.0. The van der Waals surface area contributed by atoms with Crippen molar-refractivity contribution in [1.82, 2.24) is 0 Å². The third kappa shape index (κ3) is 2.98. The van der Waals surface area contributed by atoms with Crippen molar-refractivity contribution in [3.63, 3.8) is 0 Å². The van der Waals surface area contributed by atoms with Crippen LogP contribution in [0.15, 0.2) is 29.3 Å². The lowest BCUT2D eigenvalue weighted by molar-refractivity contribution is 0.163. The van der Waals surface area contributed by atoms with Crippen LogP contribution in [0.25, 0.3) is 0 Å². The molecular formula is C10H13N3O2. The molecule has 0 aliphatic carbocycles. The normalized spacial score (nSPS) is 11.1. The predicted molar refractivity (Wildman–Crippen MR) is 58.6 cm³/mol. The fourth-order valence-electron chi connectivity index (χ4n) is 1.04. The van der Waals surface area contributed by atoms with E-state index in [0.717, 1.165) is 0 Å². The molecule has 5 nitrogen and oxygen atoms in total. The smallest absolute Gasteiger partial charge is 0.435 e. The molecular weight excluding hydrogens is 194 g/mol. The fourth-order valence-corrected chi connectivity index (χ4v) is 1.04. The molecule has 0 spiro atoms. The number of rotatable bonds is 2. The Morgan fingerprint density at radius 2 is 2.13 bits per heavy atom. The highest BCUT2D eigenvalue weighted by Crippen LogP contribution is 2.09. The number of benzene rings is 1. The average Bonchev–Trinajstić information content (AvgIpc) is 2.18. The number of para-hydroxylation sites is 1. The maximum Gasteiger partial charge on any atom is 0.435 e. The maximum absolute atomic E-state index is 11.0. The Balaban J connectivity index is 2.89. The van der Waals surface area contributed by atoms with E-state index in [1.54, 1.807) is 31.2 Å². The van der Waals surface area contributed by atoms with Gasteiger partial charge in [0.25, 0.3) is 0 Å². The second kappa shape index (κ2) is 4.99. The molecule has 0 aliphatic rings. The maximum atomic E-state index is 11.0. The molecule has 0 saturated carbocycles. The fraction of sp³-hybridized carbons (Fsp3) is 0.200. The number of aliphatic imine (C=N–C) groups is 1. The van der Waals surface area contributed by atoms with E-state index in [0.29, 0.717) is 11.3 Å². The molecule has 0 radical (unpaired) electrons. The summed E-state index contributed by atoms with van der Waals surface area (Å²) in [5.41, 5.74) is 12.3. The minimum absolute atomic E-state index is 0.0616. The lowest BCUT2D eigenvalue weighted by Gasteiger charge is -2.03. The molecule has 0 bridgehead atoms. The van der Waals surface area contributed by atoms with Crippen molar-refractivity contribution in [1.29, 1.82) is 0 Å². The minimum atomic E-state index is -0.710. The van der Waals surface area contributed by atoms with E-state index in [4.69, 9.17) is 11.5 Å². The van der Waals surface area contributed by atoms with Gasteiger partial charge in [-0.2, -0.15) is 4.99 Å². The minimum Gasteiger partial charge on any atom is -0.448 e. The number of nitrogens with two attached hydrogens (primary N) is 2. The van der Waals surface area contributed by atoms with Crippen LogP contribution in [0.1, 0.15) is 12.5 Å². The molecule has 0 aliphatic heterocycles. The van der Waals surface area contributed by atoms with Gasteiger partial charge in [0.1, 0.15) is 5.84 Å². The SMILES string of the molecule is CCOC(=O)N=C(N)c1ccccc1N. The van der Waals surface area contributed by atoms with Crippen LogP contribution in [0.3, 0.4) is 0 Å². The summed E-state index contributed by atoms with van der Waals surface area (Å²) < 4.78 is 4.63. The van der Waals surface area contributed by atoms with E-state index < -0.39 is 6.09 Å². The zero-order valence-corrected chi connectivity index (χ0v) is 8.43. The molecule has 0 saturated heterocycles. The molecule has 0 heterocycles. The van der Waals surface area contributed by atoms with Gasteiger partial charge in [-0.05, 0) is 19.1 Å². The largest absolute Gasteiger partial charge is 0.448 e. The molecule has 15 heavy (non-hydrogen) atoms. The summed E-state index contributed by atoms with van der Waals surface area (Å²) in [6, 6.07) is 6.91. The zero-order chi connectivity index (χ0) is 11.3. The van der Waals surface area contributed by atoms with E-state index in [1.807, 2.05) is 0 Å². The molecule has 1 amide bonds. The Hall–Kier alpha value is -2.04. The number of nitrogen functional groups attached to an aromatic ring is 1. The third-order valence-corrected chi connectivity index (χ3v) is 1.72. The van der Waals surface area contributed by atoms with Gasteiger partial charge in [0, 0.05) is 11.3 Å². The highest BCUT2D eigenvalue weighted by Gasteiger charge is 2.05. The molecule has 0 aromatic heterocycles. The Labute approximate surface area is 87.7 Å². The topological polar surface area (TPSA) is 90.7 Å². The highest BCUT2D eigenvalue weighted by atomic mass is 16.5. The van der Waals surface area contributed by atoms with E-state index in [-0.39, 0.29) is 12.4 Å². The number of nitrogens with zero attached hydrogens (tertiary/aromatic N) is 1. The van der Waals surface area contributed by atoms with E-state index in [2.05, 4.69) is 9.73 Å². The van der Waals surface area contributed by atoms with Crippen LogP contribution in [0.5, 0.6) is 0 Å². The van der Waals surface area contributed by atoms with E-state index in [1.165, 1.54) is 0 Å². The van der Waals surface area contributed by atoms with Gasteiger partial charge in [-0.1, -0.05) is 12.1 Å². The number of amides is 1. The van der Waals surface area contributed by atoms with Crippen molar-refractivity contribution in [3.05, 3.63) is 29.8 Å². The van der Waals surface area contributed by atoms with Crippen LogP contribution in [-0.4, -0.2) is 18.5 Å². The Bertz CT molecular complexity index is 388. The standard InChI is InChI=1S/C10H13N3O2/c1-2-15-10(14)13-9(12)7-5-3-4-6-8(7)11/h3-6H,2,11H2,1H3,(H2,12,13,14). The zero-order valence-electron chi connectivity index (χ0n) is 8.43. The van der Waals surface area contributed by atoms with Crippen LogP contribution in [-0.2, 0) is 4.74 Å². The molecule has 80 valence electrons. The average molecular weight is 207 g/mol. The Morgan fingerprint density at radius 1 is 1.47 bits per heavy atom. The molecule has 0 atom stereocenters. The summed E-state index contributed by atoms with van der Waals surface area (Å²) in [5.74, 6) is 0.0616. The van der Waals surface area contributed by atoms with Crippen LogP contribution in [0.4, 0.5) is 10.5 Å². The van der Waals surface area contributed by atoms with Crippen molar-refractivity contribution >= 4 is 17.6 Å². The summed E-state index contributed by atoms with van der Waals surface area (Å²) in [7, 11) is 0. The quantitative estimate of drug-likeness (QED) is 0.432. The van der Waals surface area contributed by atoms with Crippen molar-refractivity contribution in [3.8, 4) is 0 Å². The van der Waals surface area contributed by atoms with Gasteiger partial charge in [0.15, 0.2) is 0 Å². The van der Waals surface area contributed by atoms with Crippen LogP contribution in [0.2, 0.25) is 0 Å². The number of carbonyl (C=O) groups is 1. The number of ether oxygens (including phenoxy) is 1. The summed E-state index contributed by atoms with van der Waals surface area (Å²) in [6.07, 6.45) is -0.710. The van der Waals surface area contributed by atoms with E-state index in [9.17, 15) is 4.79 Å².